The average molecular weight is 480 g/mol. The van der Waals surface area contributed by atoms with E-state index in [4.69, 9.17) is 11.6 Å². The van der Waals surface area contributed by atoms with E-state index < -0.39 is 0 Å². The van der Waals surface area contributed by atoms with Crippen molar-refractivity contribution in [2.45, 2.75) is 59.5 Å². The minimum Gasteiger partial charge on any atom is -0.289 e. The number of halogens is 1. The topological polar surface area (TPSA) is 94.3 Å². The van der Waals surface area contributed by atoms with Crippen LogP contribution in [0.4, 0.5) is 0 Å². The van der Waals surface area contributed by atoms with Gasteiger partial charge in [-0.3, -0.25) is 14.1 Å². The van der Waals surface area contributed by atoms with Gasteiger partial charge in [-0.15, -0.1) is 10.2 Å². The van der Waals surface area contributed by atoms with Crippen LogP contribution < -0.4 is 5.69 Å². The third-order valence-electron chi connectivity index (χ3n) is 5.80. The molecule has 0 amide bonds. The number of H-pyrrole nitrogens is 1. The lowest BCUT2D eigenvalue weighted by Crippen LogP contribution is -2.27. The molecule has 0 radical (unpaired) electrons. The quantitative estimate of drug-likeness (QED) is 0.323. The molecule has 0 fully saturated rings. The fraction of sp³-hybridized carbons (Fsp3) is 0.400. The predicted molar refractivity (Wildman–Crippen MR) is 134 cm³/mol. The van der Waals surface area contributed by atoms with E-state index in [-0.39, 0.29) is 5.69 Å². The van der Waals surface area contributed by atoms with Crippen molar-refractivity contribution in [2.75, 3.05) is 0 Å². The summed E-state index contributed by atoms with van der Waals surface area (Å²) < 4.78 is 3.48. The van der Waals surface area contributed by atoms with Crippen LogP contribution in [0.1, 0.15) is 51.4 Å². The molecule has 34 heavy (non-hydrogen) atoms. The van der Waals surface area contributed by atoms with E-state index in [2.05, 4.69) is 46.4 Å². The SMILES string of the molecule is CCCCCc1c(Cl)n(CC(C)C)c(=O)n1Cc1ccc(-c2ccccc2-c2nn[nH]n2)cn1. The van der Waals surface area contributed by atoms with Crippen LogP contribution in [0.5, 0.6) is 0 Å². The van der Waals surface area contributed by atoms with Crippen molar-refractivity contribution in [3.63, 3.8) is 0 Å². The largest absolute Gasteiger partial charge is 0.329 e. The first-order valence-electron chi connectivity index (χ1n) is 11.8. The lowest BCUT2D eigenvalue weighted by Gasteiger charge is -2.09. The van der Waals surface area contributed by atoms with E-state index in [0.717, 1.165) is 53.8 Å². The van der Waals surface area contributed by atoms with Crippen LogP contribution in [0.25, 0.3) is 22.5 Å². The van der Waals surface area contributed by atoms with Gasteiger partial charge in [-0.05, 0) is 35.6 Å². The minimum absolute atomic E-state index is 0.0708. The summed E-state index contributed by atoms with van der Waals surface area (Å²) in [5.74, 6) is 0.857. The number of hydrogen-bond donors (Lipinski definition) is 1. The van der Waals surface area contributed by atoms with Crippen LogP contribution in [-0.2, 0) is 19.5 Å². The molecule has 4 aromatic rings. The molecule has 0 aliphatic carbocycles. The molecule has 8 nitrogen and oxygen atoms in total. The smallest absolute Gasteiger partial charge is 0.289 e. The molecule has 3 aromatic heterocycles. The van der Waals surface area contributed by atoms with Gasteiger partial charge in [0.15, 0.2) is 0 Å². The highest BCUT2D eigenvalue weighted by Gasteiger charge is 2.19. The zero-order chi connectivity index (χ0) is 24.1. The number of aromatic nitrogens is 7. The van der Waals surface area contributed by atoms with Gasteiger partial charge >= 0.3 is 5.69 Å². The van der Waals surface area contributed by atoms with Crippen molar-refractivity contribution in [3.8, 4) is 22.5 Å². The minimum atomic E-state index is -0.0708. The molecule has 1 aromatic carbocycles. The molecule has 0 atom stereocenters. The Bertz CT molecular complexity index is 1270. The molecular formula is C25H30ClN7O. The van der Waals surface area contributed by atoms with E-state index >= 15 is 0 Å². The number of unbranched alkanes of at least 4 members (excludes halogenated alkanes) is 2. The normalized spacial score (nSPS) is 11.4. The van der Waals surface area contributed by atoms with Crippen LogP contribution in [-0.4, -0.2) is 34.7 Å². The van der Waals surface area contributed by atoms with Gasteiger partial charge in [0.25, 0.3) is 0 Å². The molecule has 9 heteroatoms. The maximum atomic E-state index is 13.2. The molecular weight excluding hydrogens is 450 g/mol. The number of rotatable bonds is 10. The van der Waals surface area contributed by atoms with Crippen LogP contribution in [0, 0.1) is 5.92 Å². The Morgan fingerprint density at radius 2 is 1.85 bits per heavy atom. The highest BCUT2D eigenvalue weighted by Crippen LogP contribution is 2.29. The van der Waals surface area contributed by atoms with E-state index in [1.165, 1.54) is 0 Å². The maximum Gasteiger partial charge on any atom is 0.329 e. The van der Waals surface area contributed by atoms with Gasteiger partial charge in [-0.2, -0.15) is 5.21 Å². The third kappa shape index (κ3) is 5.12. The second-order valence-corrected chi connectivity index (χ2v) is 9.25. The van der Waals surface area contributed by atoms with Crippen molar-refractivity contribution < 1.29 is 0 Å². The Morgan fingerprint density at radius 1 is 1.06 bits per heavy atom. The first kappa shape index (κ1) is 23.9. The molecule has 178 valence electrons. The monoisotopic (exact) mass is 479 g/mol. The first-order valence-corrected chi connectivity index (χ1v) is 12.1. The molecule has 0 unspecified atom stereocenters. The summed E-state index contributed by atoms with van der Waals surface area (Å²) in [4.78, 5) is 17.9. The van der Waals surface area contributed by atoms with Gasteiger partial charge in [0.05, 0.1) is 17.9 Å². The zero-order valence-electron chi connectivity index (χ0n) is 19.8. The molecule has 0 bridgehead atoms. The van der Waals surface area contributed by atoms with Crippen molar-refractivity contribution >= 4 is 11.6 Å². The Kier molecular flexibility index (Phi) is 7.57. The Hall–Kier alpha value is -3.26. The summed E-state index contributed by atoms with van der Waals surface area (Å²) in [5, 5.41) is 14.9. The van der Waals surface area contributed by atoms with Crippen molar-refractivity contribution in [3.05, 3.63) is 69.6 Å². The molecule has 3 heterocycles. The number of pyridine rings is 1. The van der Waals surface area contributed by atoms with E-state index in [9.17, 15) is 4.79 Å². The summed E-state index contributed by atoms with van der Waals surface area (Å²) in [7, 11) is 0. The van der Waals surface area contributed by atoms with Gasteiger partial charge < -0.3 is 0 Å². The Morgan fingerprint density at radius 3 is 2.50 bits per heavy atom. The number of tetrazole rings is 1. The zero-order valence-corrected chi connectivity index (χ0v) is 20.6. The number of benzene rings is 1. The molecule has 1 N–H and O–H groups in total. The number of imidazole rings is 1. The molecule has 0 spiro atoms. The first-order chi connectivity index (χ1) is 16.5. The van der Waals surface area contributed by atoms with Gasteiger partial charge in [-0.1, -0.05) is 75.5 Å². The summed E-state index contributed by atoms with van der Waals surface area (Å²) in [5.41, 5.74) is 4.41. The average Bonchev–Trinajstić information content (AvgIpc) is 3.45. The summed E-state index contributed by atoms with van der Waals surface area (Å²) in [6.45, 7) is 7.33. The molecule has 0 saturated heterocycles. The summed E-state index contributed by atoms with van der Waals surface area (Å²) >= 11 is 6.70. The fourth-order valence-corrected chi connectivity index (χ4v) is 4.46. The van der Waals surface area contributed by atoms with Crippen LogP contribution >= 0.6 is 11.6 Å². The van der Waals surface area contributed by atoms with Gasteiger partial charge in [0, 0.05) is 23.9 Å². The van der Waals surface area contributed by atoms with Crippen LogP contribution in [0.2, 0.25) is 5.15 Å². The Balaban J connectivity index is 1.64. The number of aromatic amines is 1. The van der Waals surface area contributed by atoms with E-state index in [0.29, 0.717) is 30.0 Å². The molecule has 0 saturated carbocycles. The molecule has 0 aliphatic rings. The Labute approximate surface area is 204 Å². The second kappa shape index (κ2) is 10.8. The summed E-state index contributed by atoms with van der Waals surface area (Å²) in [6.07, 6.45) is 5.82. The maximum absolute atomic E-state index is 13.2. The molecule has 4 rings (SSSR count). The van der Waals surface area contributed by atoms with Crippen LogP contribution in [0.15, 0.2) is 47.4 Å². The second-order valence-electron chi connectivity index (χ2n) is 8.89. The van der Waals surface area contributed by atoms with Crippen molar-refractivity contribution in [1.82, 2.24) is 34.7 Å². The van der Waals surface area contributed by atoms with E-state index in [1.807, 2.05) is 42.6 Å². The molecule has 0 aliphatic heterocycles. The third-order valence-corrected chi connectivity index (χ3v) is 6.22. The summed E-state index contributed by atoms with van der Waals surface area (Å²) in [6, 6.07) is 11.8. The van der Waals surface area contributed by atoms with Gasteiger partial charge in [-0.25, -0.2) is 4.79 Å². The van der Waals surface area contributed by atoms with Gasteiger partial charge in [0.1, 0.15) is 5.15 Å². The fourth-order valence-electron chi connectivity index (χ4n) is 4.12. The number of nitrogens with one attached hydrogen (secondary N) is 1. The highest BCUT2D eigenvalue weighted by molar-refractivity contribution is 6.30. The van der Waals surface area contributed by atoms with Gasteiger partial charge in [0.2, 0.25) is 5.82 Å². The standard InChI is InChI=1S/C25H30ClN7O/c1-4-5-6-11-22-23(26)33(15-17(2)3)25(34)32(22)16-19-13-12-18(14-27-19)20-9-7-8-10-21(20)24-28-30-31-29-24/h7-10,12-14,17H,4-6,11,15-16H2,1-3H3,(H,28,29,30,31). The lowest BCUT2D eigenvalue weighted by molar-refractivity contribution is 0.503. The number of hydrogen-bond acceptors (Lipinski definition) is 5. The highest BCUT2D eigenvalue weighted by atomic mass is 35.5. The van der Waals surface area contributed by atoms with E-state index in [1.54, 1.807) is 9.13 Å². The predicted octanol–water partition coefficient (Wildman–Crippen LogP) is 4.98. The number of nitrogens with zero attached hydrogens (tertiary/aromatic N) is 6. The lowest BCUT2D eigenvalue weighted by atomic mass is 10.0. The van der Waals surface area contributed by atoms with Crippen molar-refractivity contribution in [2.24, 2.45) is 5.92 Å². The van der Waals surface area contributed by atoms with Crippen molar-refractivity contribution in [1.29, 1.82) is 0 Å². The van der Waals surface area contributed by atoms with Crippen LogP contribution in [0.3, 0.4) is 0 Å².